The molecule has 0 bridgehead atoms. The zero-order chi connectivity index (χ0) is 11.5. The molecular weight excluding hydrogens is 216 g/mol. The van der Waals surface area contributed by atoms with Crippen molar-refractivity contribution in [3.8, 4) is 0 Å². The Hall–Kier alpha value is -0.830. The second-order valence-corrected chi connectivity index (χ2v) is 5.23. The van der Waals surface area contributed by atoms with Crippen LogP contribution in [-0.2, 0) is 6.42 Å². The van der Waals surface area contributed by atoms with Crippen molar-refractivity contribution >= 4 is 12.2 Å². The Morgan fingerprint density at radius 2 is 2.31 bits per heavy atom. The summed E-state index contributed by atoms with van der Waals surface area (Å²) in [6.07, 6.45) is 8.22. The van der Waals surface area contributed by atoms with Crippen molar-refractivity contribution in [1.29, 1.82) is 0 Å². The van der Waals surface area contributed by atoms with Crippen molar-refractivity contribution in [2.24, 2.45) is 5.92 Å². The van der Waals surface area contributed by atoms with Gasteiger partial charge in [-0.3, -0.25) is 0 Å². The molecule has 2 N–H and O–H groups in total. The van der Waals surface area contributed by atoms with Gasteiger partial charge < -0.3 is 9.97 Å². The Morgan fingerprint density at radius 3 is 2.94 bits per heavy atom. The molecule has 0 saturated carbocycles. The van der Waals surface area contributed by atoms with Gasteiger partial charge in [-0.2, -0.15) is 0 Å². The first-order valence-corrected chi connectivity index (χ1v) is 6.54. The predicted molar refractivity (Wildman–Crippen MR) is 70.0 cm³/mol. The Labute approximate surface area is 102 Å². The Bertz CT molecular complexity index is 439. The third-order valence-corrected chi connectivity index (χ3v) is 3.87. The van der Waals surface area contributed by atoms with Gasteiger partial charge >= 0.3 is 0 Å². The molecule has 1 heterocycles. The van der Waals surface area contributed by atoms with Gasteiger partial charge in [0, 0.05) is 11.9 Å². The summed E-state index contributed by atoms with van der Waals surface area (Å²) in [4.78, 5) is 6.25. The third-order valence-electron chi connectivity index (χ3n) is 3.65. The minimum Gasteiger partial charge on any atom is -0.337 e. The van der Waals surface area contributed by atoms with Crippen molar-refractivity contribution in [2.45, 2.75) is 46.0 Å². The van der Waals surface area contributed by atoms with Crippen LogP contribution in [0.25, 0.3) is 0 Å². The van der Waals surface area contributed by atoms with E-state index in [4.69, 9.17) is 12.2 Å². The minimum atomic E-state index is 0.744. The van der Waals surface area contributed by atoms with Gasteiger partial charge in [0.25, 0.3) is 0 Å². The molecule has 1 aliphatic carbocycles. The summed E-state index contributed by atoms with van der Waals surface area (Å²) in [7, 11) is 0. The smallest absolute Gasteiger partial charge is 0.174 e. The van der Waals surface area contributed by atoms with Gasteiger partial charge in [-0.05, 0) is 57.2 Å². The van der Waals surface area contributed by atoms with Crippen molar-refractivity contribution in [2.75, 3.05) is 0 Å². The summed E-state index contributed by atoms with van der Waals surface area (Å²) < 4.78 is 0.744. The lowest BCUT2D eigenvalue weighted by Gasteiger charge is -2.25. The molecule has 1 aromatic rings. The van der Waals surface area contributed by atoms with Crippen molar-refractivity contribution < 1.29 is 0 Å². The highest BCUT2D eigenvalue weighted by molar-refractivity contribution is 7.71. The number of allylic oxidation sites excluding steroid dienone is 2. The van der Waals surface area contributed by atoms with Crippen LogP contribution in [0.4, 0.5) is 0 Å². The third kappa shape index (κ3) is 2.64. The van der Waals surface area contributed by atoms with Crippen molar-refractivity contribution in [3.05, 3.63) is 27.8 Å². The van der Waals surface area contributed by atoms with E-state index in [2.05, 4.69) is 23.8 Å². The van der Waals surface area contributed by atoms with Crippen LogP contribution in [-0.4, -0.2) is 9.97 Å². The van der Waals surface area contributed by atoms with E-state index in [0.29, 0.717) is 0 Å². The van der Waals surface area contributed by atoms with Crippen LogP contribution in [0.2, 0.25) is 0 Å². The SMILES string of the molecule is CCC1=C(C)CCC(Cc2c[nH]c(=S)[nH]2)C1. The van der Waals surface area contributed by atoms with Gasteiger partial charge in [-0.1, -0.05) is 18.1 Å². The lowest BCUT2D eigenvalue weighted by molar-refractivity contribution is 0.443. The minimum absolute atomic E-state index is 0.744. The summed E-state index contributed by atoms with van der Waals surface area (Å²) in [6, 6.07) is 0. The summed E-state index contributed by atoms with van der Waals surface area (Å²) >= 11 is 5.04. The van der Waals surface area contributed by atoms with Crippen LogP contribution in [0.1, 0.15) is 45.2 Å². The number of nitrogens with one attached hydrogen (secondary N) is 2. The lowest BCUT2D eigenvalue weighted by Crippen LogP contribution is -2.12. The highest BCUT2D eigenvalue weighted by Gasteiger charge is 2.18. The number of imidazole rings is 1. The lowest BCUT2D eigenvalue weighted by atomic mass is 9.81. The second kappa shape index (κ2) is 5.00. The average molecular weight is 236 g/mol. The maximum Gasteiger partial charge on any atom is 0.174 e. The summed E-state index contributed by atoms with van der Waals surface area (Å²) in [6.45, 7) is 4.56. The molecule has 0 aromatic carbocycles. The van der Waals surface area contributed by atoms with Gasteiger partial charge in [-0.25, -0.2) is 0 Å². The number of rotatable bonds is 3. The van der Waals surface area contributed by atoms with E-state index in [-0.39, 0.29) is 0 Å². The Morgan fingerprint density at radius 1 is 1.50 bits per heavy atom. The van der Waals surface area contributed by atoms with Crippen LogP contribution < -0.4 is 0 Å². The van der Waals surface area contributed by atoms with Gasteiger partial charge in [0.1, 0.15) is 0 Å². The Balaban J connectivity index is 2.01. The van der Waals surface area contributed by atoms with Crippen LogP contribution in [0.5, 0.6) is 0 Å². The van der Waals surface area contributed by atoms with E-state index in [9.17, 15) is 0 Å². The van der Waals surface area contributed by atoms with Gasteiger partial charge in [0.2, 0.25) is 0 Å². The quantitative estimate of drug-likeness (QED) is 0.600. The van der Waals surface area contributed by atoms with Crippen LogP contribution in [0, 0.1) is 10.7 Å². The standard InChI is InChI=1S/C13H20N2S/c1-3-11-6-10(5-4-9(11)2)7-12-8-14-13(16)15-12/h8,10H,3-7H2,1-2H3,(H2,14,15,16). The summed E-state index contributed by atoms with van der Waals surface area (Å²) in [5.41, 5.74) is 4.55. The van der Waals surface area contributed by atoms with E-state index >= 15 is 0 Å². The maximum absolute atomic E-state index is 5.04. The van der Waals surface area contributed by atoms with Gasteiger partial charge in [0.05, 0.1) is 0 Å². The molecule has 3 heteroatoms. The molecular formula is C13H20N2S. The average Bonchev–Trinajstić information content (AvgIpc) is 2.67. The first-order valence-electron chi connectivity index (χ1n) is 6.13. The van der Waals surface area contributed by atoms with E-state index < -0.39 is 0 Å². The van der Waals surface area contributed by atoms with Crippen LogP contribution >= 0.6 is 12.2 Å². The normalized spacial score (nSPS) is 21.5. The van der Waals surface area contributed by atoms with E-state index in [0.717, 1.165) is 17.1 Å². The molecule has 88 valence electrons. The highest BCUT2D eigenvalue weighted by Crippen LogP contribution is 2.32. The largest absolute Gasteiger partial charge is 0.337 e. The molecule has 1 unspecified atom stereocenters. The fourth-order valence-electron chi connectivity index (χ4n) is 2.63. The molecule has 0 aliphatic heterocycles. The molecule has 1 atom stereocenters. The number of hydrogen-bond donors (Lipinski definition) is 2. The first kappa shape index (κ1) is 11.6. The van der Waals surface area contributed by atoms with E-state index in [1.54, 1.807) is 11.1 Å². The molecule has 0 fully saturated rings. The van der Waals surface area contributed by atoms with Gasteiger partial charge in [-0.15, -0.1) is 0 Å². The zero-order valence-electron chi connectivity index (χ0n) is 10.1. The zero-order valence-corrected chi connectivity index (χ0v) is 10.9. The molecule has 16 heavy (non-hydrogen) atoms. The Kier molecular flexibility index (Phi) is 3.64. The van der Waals surface area contributed by atoms with Gasteiger partial charge in [0.15, 0.2) is 4.77 Å². The highest BCUT2D eigenvalue weighted by atomic mass is 32.1. The fourth-order valence-corrected chi connectivity index (χ4v) is 2.82. The van der Waals surface area contributed by atoms with Crippen LogP contribution in [0.3, 0.4) is 0 Å². The summed E-state index contributed by atoms with van der Waals surface area (Å²) in [5.74, 6) is 0.792. The molecule has 0 spiro atoms. The number of H-pyrrole nitrogens is 2. The topological polar surface area (TPSA) is 31.6 Å². The molecule has 1 aromatic heterocycles. The fraction of sp³-hybridized carbons (Fsp3) is 0.615. The number of aromatic nitrogens is 2. The van der Waals surface area contributed by atoms with E-state index in [1.807, 2.05) is 6.20 Å². The number of aromatic amines is 2. The van der Waals surface area contributed by atoms with Crippen molar-refractivity contribution in [3.63, 3.8) is 0 Å². The molecule has 2 nitrogen and oxygen atoms in total. The second-order valence-electron chi connectivity index (χ2n) is 4.82. The van der Waals surface area contributed by atoms with Crippen LogP contribution in [0.15, 0.2) is 17.3 Å². The monoisotopic (exact) mass is 236 g/mol. The van der Waals surface area contributed by atoms with Crippen molar-refractivity contribution in [1.82, 2.24) is 9.97 Å². The molecule has 2 rings (SSSR count). The van der Waals surface area contributed by atoms with E-state index in [1.165, 1.54) is 31.4 Å². The molecule has 1 aliphatic rings. The number of hydrogen-bond acceptors (Lipinski definition) is 1. The molecule has 0 radical (unpaired) electrons. The maximum atomic E-state index is 5.04. The molecule has 0 amide bonds. The summed E-state index contributed by atoms with van der Waals surface area (Å²) in [5, 5.41) is 0. The predicted octanol–water partition coefficient (Wildman–Crippen LogP) is 4.14. The molecule has 0 saturated heterocycles. The first-order chi connectivity index (χ1) is 7.69.